The molecule has 176 valence electrons. The van der Waals surface area contributed by atoms with Gasteiger partial charge in [-0.3, -0.25) is 4.79 Å². The van der Waals surface area contributed by atoms with E-state index < -0.39 is 0 Å². The predicted octanol–water partition coefficient (Wildman–Crippen LogP) is 5.35. The first-order chi connectivity index (χ1) is 17.0. The number of nitrogens with one attached hydrogen (secondary N) is 2. The molecule has 7 nitrogen and oxygen atoms in total. The fourth-order valence-electron chi connectivity index (χ4n) is 3.96. The van der Waals surface area contributed by atoms with E-state index in [4.69, 9.17) is 4.74 Å². The Morgan fingerprint density at radius 2 is 2.00 bits per heavy atom. The van der Waals surface area contributed by atoms with Crippen molar-refractivity contribution in [1.29, 1.82) is 0 Å². The van der Waals surface area contributed by atoms with E-state index >= 15 is 0 Å². The molecule has 0 unspecified atom stereocenters. The van der Waals surface area contributed by atoms with Crippen LogP contribution in [0.5, 0.6) is 11.6 Å². The number of aromatic amines is 1. The van der Waals surface area contributed by atoms with Gasteiger partial charge >= 0.3 is 0 Å². The molecule has 0 aliphatic rings. The molecule has 0 atom stereocenters. The number of ether oxygens (including phenoxy) is 1. The molecule has 0 saturated heterocycles. The molecule has 5 rings (SSSR count). The maximum atomic E-state index is 12.7. The van der Waals surface area contributed by atoms with Crippen LogP contribution in [0.25, 0.3) is 33.5 Å². The highest BCUT2D eigenvalue weighted by atomic mass is 32.1. The summed E-state index contributed by atoms with van der Waals surface area (Å²) in [4.78, 5) is 27.3. The quantitative estimate of drug-likeness (QED) is 0.289. The van der Waals surface area contributed by atoms with Crippen LogP contribution in [0.4, 0.5) is 0 Å². The maximum Gasteiger partial charge on any atom is 0.251 e. The molecular formula is C27H24N4O3S. The molecule has 1 amide bonds. The second kappa shape index (κ2) is 9.60. The van der Waals surface area contributed by atoms with Crippen LogP contribution in [0.2, 0.25) is 0 Å². The summed E-state index contributed by atoms with van der Waals surface area (Å²) in [5.41, 5.74) is 4.14. The van der Waals surface area contributed by atoms with E-state index in [1.165, 1.54) is 9.75 Å². The Balaban J connectivity index is 1.38. The minimum absolute atomic E-state index is 0.0949. The molecule has 2 aromatic carbocycles. The van der Waals surface area contributed by atoms with Gasteiger partial charge in [0.1, 0.15) is 11.6 Å². The van der Waals surface area contributed by atoms with Gasteiger partial charge in [-0.05, 0) is 73.5 Å². The number of nitrogens with zero attached hydrogens (tertiary/aromatic N) is 2. The molecule has 3 aromatic heterocycles. The van der Waals surface area contributed by atoms with Crippen LogP contribution >= 0.6 is 11.3 Å². The second-order valence-corrected chi connectivity index (χ2v) is 9.50. The molecule has 0 aliphatic carbocycles. The van der Waals surface area contributed by atoms with E-state index in [1.807, 2.05) is 24.3 Å². The summed E-state index contributed by atoms with van der Waals surface area (Å²) in [7, 11) is 1.57. The molecule has 8 heteroatoms. The molecule has 0 spiro atoms. The minimum Gasteiger partial charge on any atom is -0.507 e. The van der Waals surface area contributed by atoms with Crippen LogP contribution in [-0.2, 0) is 6.42 Å². The van der Waals surface area contributed by atoms with Crippen molar-refractivity contribution in [3.63, 3.8) is 0 Å². The Morgan fingerprint density at radius 1 is 1.11 bits per heavy atom. The van der Waals surface area contributed by atoms with Gasteiger partial charge in [-0.2, -0.15) is 0 Å². The molecule has 0 fully saturated rings. The van der Waals surface area contributed by atoms with Gasteiger partial charge in [0.15, 0.2) is 0 Å². The first-order valence-electron chi connectivity index (χ1n) is 11.2. The lowest BCUT2D eigenvalue weighted by molar-refractivity contribution is 0.0954. The average Bonchev–Trinajstić information content (AvgIpc) is 3.49. The molecule has 0 aliphatic heterocycles. The van der Waals surface area contributed by atoms with Crippen LogP contribution in [0.3, 0.4) is 0 Å². The summed E-state index contributed by atoms with van der Waals surface area (Å²) < 4.78 is 5.38. The van der Waals surface area contributed by atoms with E-state index in [0.29, 0.717) is 34.9 Å². The fraction of sp³-hybridized carbons (Fsp3) is 0.148. The Morgan fingerprint density at radius 3 is 2.80 bits per heavy atom. The number of carbonyl (C=O) groups excluding carboxylic acids is 1. The summed E-state index contributed by atoms with van der Waals surface area (Å²) in [6, 6.07) is 18.5. The van der Waals surface area contributed by atoms with Crippen molar-refractivity contribution in [3.8, 4) is 34.1 Å². The van der Waals surface area contributed by atoms with E-state index in [-0.39, 0.29) is 11.7 Å². The van der Waals surface area contributed by atoms with Crippen molar-refractivity contribution in [2.75, 3.05) is 13.7 Å². The third-order valence-corrected chi connectivity index (χ3v) is 6.79. The number of pyridine rings is 1. The number of thiophene rings is 1. The van der Waals surface area contributed by atoms with E-state index in [9.17, 15) is 9.90 Å². The number of methoxy groups -OCH3 is 1. The molecule has 0 radical (unpaired) electrons. The van der Waals surface area contributed by atoms with Crippen LogP contribution < -0.4 is 10.1 Å². The minimum atomic E-state index is -0.141. The highest BCUT2D eigenvalue weighted by Crippen LogP contribution is 2.35. The molecular weight excluding hydrogens is 460 g/mol. The van der Waals surface area contributed by atoms with Crippen LogP contribution in [-0.4, -0.2) is 39.6 Å². The largest absolute Gasteiger partial charge is 0.507 e. The summed E-state index contributed by atoms with van der Waals surface area (Å²) in [5.74, 6) is 0.960. The lowest BCUT2D eigenvalue weighted by Crippen LogP contribution is -2.25. The lowest BCUT2D eigenvalue weighted by atomic mass is 10.0. The lowest BCUT2D eigenvalue weighted by Gasteiger charge is -2.09. The van der Waals surface area contributed by atoms with Crippen molar-refractivity contribution < 1.29 is 14.6 Å². The molecule has 35 heavy (non-hydrogen) atoms. The average molecular weight is 485 g/mol. The van der Waals surface area contributed by atoms with Gasteiger partial charge in [0.2, 0.25) is 5.88 Å². The van der Waals surface area contributed by atoms with Crippen molar-refractivity contribution in [2.45, 2.75) is 13.3 Å². The number of hydrogen-bond donors (Lipinski definition) is 3. The van der Waals surface area contributed by atoms with Gasteiger partial charge in [0.25, 0.3) is 5.91 Å². The summed E-state index contributed by atoms with van der Waals surface area (Å²) in [6.45, 7) is 2.65. The fourth-order valence-corrected chi connectivity index (χ4v) is 4.85. The number of hydrogen-bond acceptors (Lipinski definition) is 6. The number of fused-ring (bicyclic) bond motifs is 1. The Kier molecular flexibility index (Phi) is 6.20. The smallest absolute Gasteiger partial charge is 0.251 e. The number of amides is 1. The van der Waals surface area contributed by atoms with Gasteiger partial charge in [0, 0.05) is 33.6 Å². The standard InChI is InChI=1S/C27H24N4O3S/c1-16-5-8-19(35-16)11-13-28-26(33)18-6-9-22-23(15-18)31-25(30-22)21-14-17(7-10-24(21)32)20-4-3-12-29-27(20)34-2/h3-10,12,14-15,32H,11,13H2,1-2H3,(H,28,33)(H,30,31). The number of H-pyrrole nitrogens is 1. The second-order valence-electron chi connectivity index (χ2n) is 8.13. The number of benzene rings is 2. The molecule has 3 N–H and O–H groups in total. The predicted molar refractivity (Wildman–Crippen MR) is 138 cm³/mol. The highest BCUT2D eigenvalue weighted by Gasteiger charge is 2.15. The summed E-state index contributed by atoms with van der Waals surface area (Å²) >= 11 is 1.74. The van der Waals surface area contributed by atoms with Crippen LogP contribution in [0.15, 0.2) is 66.9 Å². The van der Waals surface area contributed by atoms with Gasteiger partial charge < -0.3 is 20.1 Å². The molecule has 0 saturated carbocycles. The zero-order chi connectivity index (χ0) is 24.4. The number of phenols is 1. The third-order valence-electron chi connectivity index (χ3n) is 5.73. The Labute approximate surface area is 206 Å². The van der Waals surface area contributed by atoms with Gasteiger partial charge in [-0.25, -0.2) is 9.97 Å². The molecule has 3 heterocycles. The van der Waals surface area contributed by atoms with E-state index in [1.54, 1.807) is 48.9 Å². The van der Waals surface area contributed by atoms with Gasteiger partial charge in [-0.1, -0.05) is 6.07 Å². The number of carbonyl (C=O) groups is 1. The monoisotopic (exact) mass is 484 g/mol. The zero-order valence-corrected chi connectivity index (χ0v) is 20.1. The van der Waals surface area contributed by atoms with Crippen molar-refractivity contribution in [3.05, 3.63) is 82.2 Å². The number of aromatic nitrogens is 3. The first-order valence-corrected chi connectivity index (χ1v) is 12.0. The maximum absolute atomic E-state index is 12.7. The SMILES string of the molecule is COc1ncccc1-c1ccc(O)c(-c2nc3cc(C(=O)NCCc4ccc(C)s4)ccc3[nH]2)c1. The van der Waals surface area contributed by atoms with Crippen LogP contribution in [0, 0.1) is 6.92 Å². The Hall–Kier alpha value is -4.17. The molecule has 5 aromatic rings. The normalized spacial score (nSPS) is 11.0. The van der Waals surface area contributed by atoms with Crippen LogP contribution in [0.1, 0.15) is 20.1 Å². The Bertz CT molecular complexity index is 1520. The van der Waals surface area contributed by atoms with E-state index in [2.05, 4.69) is 39.3 Å². The number of rotatable bonds is 7. The van der Waals surface area contributed by atoms with Crippen molar-refractivity contribution >= 4 is 28.3 Å². The number of aryl methyl sites for hydroxylation is 1. The topological polar surface area (TPSA) is 100 Å². The number of aromatic hydroxyl groups is 1. The zero-order valence-electron chi connectivity index (χ0n) is 19.3. The van der Waals surface area contributed by atoms with E-state index in [0.717, 1.165) is 23.1 Å². The summed E-state index contributed by atoms with van der Waals surface area (Å²) in [6.07, 6.45) is 2.47. The van der Waals surface area contributed by atoms with Gasteiger partial charge in [0.05, 0.1) is 23.7 Å². The first kappa shape index (κ1) is 22.6. The summed E-state index contributed by atoms with van der Waals surface area (Å²) in [5, 5.41) is 13.5. The van der Waals surface area contributed by atoms with Crippen molar-refractivity contribution in [1.82, 2.24) is 20.3 Å². The van der Waals surface area contributed by atoms with Crippen molar-refractivity contribution in [2.24, 2.45) is 0 Å². The molecule has 0 bridgehead atoms. The third kappa shape index (κ3) is 4.74. The highest BCUT2D eigenvalue weighted by molar-refractivity contribution is 7.11. The van der Waals surface area contributed by atoms with Gasteiger partial charge in [-0.15, -0.1) is 11.3 Å². The number of phenolic OH excluding ortho intramolecular Hbond substituents is 1. The number of imidazole rings is 1.